The van der Waals surface area contributed by atoms with E-state index in [1.165, 1.54) is 5.56 Å². The van der Waals surface area contributed by atoms with E-state index in [1.807, 2.05) is 18.2 Å². The fraction of sp³-hybridized carbons (Fsp3) is 0.600. The molecule has 0 radical (unpaired) electrons. The van der Waals surface area contributed by atoms with Crippen molar-refractivity contribution in [2.45, 2.75) is 45.8 Å². The summed E-state index contributed by atoms with van der Waals surface area (Å²) in [7, 11) is 0. The maximum Gasteiger partial charge on any atom is 0.122 e. The lowest BCUT2D eigenvalue weighted by Crippen LogP contribution is -2.90. The minimum atomic E-state index is 0.232. The van der Waals surface area contributed by atoms with Crippen molar-refractivity contribution in [3.8, 4) is 5.75 Å². The van der Waals surface area contributed by atoms with Crippen LogP contribution in [-0.4, -0.2) is 30.4 Å². The van der Waals surface area contributed by atoms with Gasteiger partial charge in [0.2, 0.25) is 0 Å². The zero-order valence-corrected chi connectivity index (χ0v) is 11.7. The SMILES string of the molecule is Cc1ccccc1O[C@@H](C)CC[C@@H](C)[NH2+]CCO. The minimum absolute atomic E-state index is 0.232. The Morgan fingerprint density at radius 3 is 2.61 bits per heavy atom. The average molecular weight is 252 g/mol. The average Bonchev–Trinajstić information content (AvgIpc) is 2.36. The Labute approximate surface area is 110 Å². The van der Waals surface area contributed by atoms with Crippen LogP contribution < -0.4 is 10.1 Å². The smallest absolute Gasteiger partial charge is 0.122 e. The Morgan fingerprint density at radius 1 is 1.22 bits per heavy atom. The zero-order chi connectivity index (χ0) is 13.4. The third-order valence-electron chi connectivity index (χ3n) is 3.15. The number of hydrogen-bond acceptors (Lipinski definition) is 2. The molecule has 3 nitrogen and oxygen atoms in total. The van der Waals surface area contributed by atoms with Crippen molar-refractivity contribution in [1.29, 1.82) is 0 Å². The Balaban J connectivity index is 2.29. The van der Waals surface area contributed by atoms with Crippen molar-refractivity contribution < 1.29 is 15.2 Å². The summed E-state index contributed by atoms with van der Waals surface area (Å²) in [5, 5.41) is 10.9. The molecule has 1 aromatic carbocycles. The van der Waals surface area contributed by atoms with Gasteiger partial charge in [0, 0.05) is 6.42 Å². The highest BCUT2D eigenvalue weighted by molar-refractivity contribution is 5.31. The number of benzene rings is 1. The molecule has 18 heavy (non-hydrogen) atoms. The van der Waals surface area contributed by atoms with Crippen molar-refractivity contribution in [3.05, 3.63) is 29.8 Å². The van der Waals surface area contributed by atoms with E-state index in [0.717, 1.165) is 25.1 Å². The van der Waals surface area contributed by atoms with Crippen LogP contribution >= 0.6 is 0 Å². The third kappa shape index (κ3) is 5.52. The molecule has 3 N–H and O–H groups in total. The first-order valence-electron chi connectivity index (χ1n) is 6.80. The topological polar surface area (TPSA) is 46.1 Å². The van der Waals surface area contributed by atoms with Gasteiger partial charge in [0.25, 0.3) is 0 Å². The molecule has 0 heterocycles. The van der Waals surface area contributed by atoms with E-state index in [9.17, 15) is 0 Å². The lowest BCUT2D eigenvalue weighted by molar-refractivity contribution is -0.687. The van der Waals surface area contributed by atoms with Crippen LogP contribution in [0.3, 0.4) is 0 Å². The number of hydrogen-bond donors (Lipinski definition) is 2. The first-order valence-corrected chi connectivity index (χ1v) is 6.80. The predicted molar refractivity (Wildman–Crippen MR) is 73.8 cm³/mol. The maximum absolute atomic E-state index is 8.76. The molecule has 0 saturated heterocycles. The monoisotopic (exact) mass is 252 g/mol. The summed E-state index contributed by atoms with van der Waals surface area (Å²) < 4.78 is 5.94. The molecule has 0 unspecified atom stereocenters. The number of nitrogens with two attached hydrogens (primary N) is 1. The molecule has 102 valence electrons. The quantitative estimate of drug-likeness (QED) is 0.736. The molecule has 2 atom stereocenters. The third-order valence-corrected chi connectivity index (χ3v) is 3.15. The van der Waals surface area contributed by atoms with Gasteiger partial charge in [-0.25, -0.2) is 0 Å². The molecule has 0 saturated carbocycles. The van der Waals surface area contributed by atoms with Crippen LogP contribution in [0.5, 0.6) is 5.75 Å². The Morgan fingerprint density at radius 2 is 1.94 bits per heavy atom. The van der Waals surface area contributed by atoms with Crippen molar-refractivity contribution in [3.63, 3.8) is 0 Å². The number of aryl methyl sites for hydroxylation is 1. The number of aliphatic hydroxyl groups is 1. The van der Waals surface area contributed by atoms with Gasteiger partial charge in [-0.05, 0) is 38.8 Å². The number of aliphatic hydroxyl groups excluding tert-OH is 1. The molecule has 0 aromatic heterocycles. The van der Waals surface area contributed by atoms with Gasteiger partial charge < -0.3 is 15.2 Å². The molecule has 0 fully saturated rings. The number of para-hydroxylation sites is 1. The van der Waals surface area contributed by atoms with E-state index in [4.69, 9.17) is 9.84 Å². The Bertz CT molecular complexity index is 341. The van der Waals surface area contributed by atoms with E-state index in [-0.39, 0.29) is 12.7 Å². The van der Waals surface area contributed by atoms with Gasteiger partial charge in [-0.15, -0.1) is 0 Å². The highest BCUT2D eigenvalue weighted by Gasteiger charge is 2.10. The summed E-state index contributed by atoms with van der Waals surface area (Å²) in [6, 6.07) is 8.67. The normalized spacial score (nSPS) is 14.2. The molecular weight excluding hydrogens is 226 g/mol. The highest BCUT2D eigenvalue weighted by Crippen LogP contribution is 2.19. The molecule has 0 aliphatic heterocycles. The van der Waals surface area contributed by atoms with Crippen LogP contribution in [0.25, 0.3) is 0 Å². The summed E-state index contributed by atoms with van der Waals surface area (Å²) in [5.41, 5.74) is 1.18. The van der Waals surface area contributed by atoms with Gasteiger partial charge in [0.05, 0.1) is 25.3 Å². The molecule has 0 amide bonds. The van der Waals surface area contributed by atoms with Gasteiger partial charge in [0.15, 0.2) is 0 Å². The molecule has 0 aliphatic rings. The van der Waals surface area contributed by atoms with Crippen LogP contribution in [0.15, 0.2) is 24.3 Å². The first kappa shape index (κ1) is 15.0. The Kier molecular flexibility index (Phi) is 6.76. The Hall–Kier alpha value is -1.06. The summed E-state index contributed by atoms with van der Waals surface area (Å²) in [5.74, 6) is 0.983. The summed E-state index contributed by atoms with van der Waals surface area (Å²) in [4.78, 5) is 0. The minimum Gasteiger partial charge on any atom is -0.490 e. The van der Waals surface area contributed by atoms with E-state index < -0.39 is 0 Å². The van der Waals surface area contributed by atoms with Crippen LogP contribution in [0.2, 0.25) is 0 Å². The summed E-state index contributed by atoms with van der Waals surface area (Å²) in [6.45, 7) is 7.41. The van der Waals surface area contributed by atoms with Crippen molar-refractivity contribution in [2.24, 2.45) is 0 Å². The van der Waals surface area contributed by atoms with Gasteiger partial charge in [-0.3, -0.25) is 0 Å². The number of quaternary nitrogens is 1. The van der Waals surface area contributed by atoms with Gasteiger partial charge in [0.1, 0.15) is 5.75 Å². The second-order valence-corrected chi connectivity index (χ2v) is 5.00. The lowest BCUT2D eigenvalue weighted by atomic mass is 10.1. The largest absolute Gasteiger partial charge is 0.490 e. The first-order chi connectivity index (χ1) is 8.63. The maximum atomic E-state index is 8.76. The molecule has 0 spiro atoms. The fourth-order valence-corrected chi connectivity index (χ4v) is 1.94. The standard InChI is InChI=1S/C15H25NO2/c1-12-6-4-5-7-15(12)18-14(3)9-8-13(2)16-10-11-17/h4-7,13-14,16-17H,8-11H2,1-3H3/p+1/t13-,14+/m1/s1. The zero-order valence-electron chi connectivity index (χ0n) is 11.7. The second-order valence-electron chi connectivity index (χ2n) is 5.00. The van der Waals surface area contributed by atoms with Gasteiger partial charge in [-0.2, -0.15) is 0 Å². The molecule has 1 rings (SSSR count). The van der Waals surface area contributed by atoms with Crippen molar-refractivity contribution in [2.75, 3.05) is 13.2 Å². The van der Waals surface area contributed by atoms with E-state index in [0.29, 0.717) is 6.04 Å². The van der Waals surface area contributed by atoms with E-state index in [1.54, 1.807) is 0 Å². The van der Waals surface area contributed by atoms with Crippen LogP contribution in [0.4, 0.5) is 0 Å². The molecule has 3 heteroatoms. The van der Waals surface area contributed by atoms with E-state index in [2.05, 4.69) is 32.2 Å². The van der Waals surface area contributed by atoms with Gasteiger partial charge >= 0.3 is 0 Å². The predicted octanol–water partition coefficient (Wildman–Crippen LogP) is 1.49. The summed E-state index contributed by atoms with van der Waals surface area (Å²) in [6.07, 6.45) is 2.38. The summed E-state index contributed by atoms with van der Waals surface area (Å²) >= 11 is 0. The van der Waals surface area contributed by atoms with E-state index >= 15 is 0 Å². The van der Waals surface area contributed by atoms with Crippen molar-refractivity contribution in [1.82, 2.24) is 0 Å². The highest BCUT2D eigenvalue weighted by atomic mass is 16.5. The lowest BCUT2D eigenvalue weighted by Gasteiger charge is -2.17. The fourth-order valence-electron chi connectivity index (χ4n) is 1.94. The number of rotatable bonds is 8. The molecule has 0 bridgehead atoms. The molecule has 0 aliphatic carbocycles. The molecule has 1 aromatic rings. The van der Waals surface area contributed by atoms with Crippen LogP contribution in [0.1, 0.15) is 32.3 Å². The van der Waals surface area contributed by atoms with Gasteiger partial charge in [-0.1, -0.05) is 18.2 Å². The number of ether oxygens (including phenoxy) is 1. The van der Waals surface area contributed by atoms with Crippen LogP contribution in [-0.2, 0) is 0 Å². The van der Waals surface area contributed by atoms with Crippen LogP contribution in [0, 0.1) is 6.92 Å². The second kappa shape index (κ2) is 8.11. The molecular formula is C15H26NO2+. The van der Waals surface area contributed by atoms with Crippen molar-refractivity contribution >= 4 is 0 Å².